The van der Waals surface area contributed by atoms with Gasteiger partial charge in [0.1, 0.15) is 11.9 Å². The number of amidine groups is 1. The number of sulfonamides is 1. The monoisotopic (exact) mass is 357 g/mol. The maximum atomic E-state index is 12.6. The summed E-state index contributed by atoms with van der Waals surface area (Å²) in [5, 5.41) is 0. The highest BCUT2D eigenvalue weighted by atomic mass is 32.2. The van der Waals surface area contributed by atoms with Gasteiger partial charge in [0.15, 0.2) is 0 Å². The van der Waals surface area contributed by atoms with Crippen LogP contribution in [0.3, 0.4) is 0 Å². The lowest BCUT2D eigenvalue weighted by Crippen LogP contribution is -2.35. The first-order valence-electron chi connectivity index (χ1n) is 7.87. The van der Waals surface area contributed by atoms with Crippen molar-refractivity contribution < 1.29 is 13.2 Å². The van der Waals surface area contributed by atoms with E-state index in [4.69, 9.17) is 0 Å². The molecule has 2 aromatic carbocycles. The van der Waals surface area contributed by atoms with E-state index in [-0.39, 0.29) is 16.6 Å². The van der Waals surface area contributed by atoms with Crippen LogP contribution in [0, 0.1) is 0 Å². The van der Waals surface area contributed by atoms with Gasteiger partial charge in [-0.1, -0.05) is 42.5 Å². The summed E-state index contributed by atoms with van der Waals surface area (Å²) in [6.45, 7) is 2.13. The number of carbonyl (C=O) groups is 1. The molecule has 0 radical (unpaired) electrons. The first-order valence-corrected chi connectivity index (χ1v) is 9.36. The van der Waals surface area contributed by atoms with Gasteiger partial charge in [-0.2, -0.15) is 0 Å². The van der Waals surface area contributed by atoms with Crippen LogP contribution in [-0.2, 0) is 21.4 Å². The minimum atomic E-state index is -3.60. The molecule has 0 spiro atoms. The molecule has 1 N–H and O–H groups in total. The van der Waals surface area contributed by atoms with Gasteiger partial charge in [-0.05, 0) is 24.6 Å². The zero-order chi connectivity index (χ0) is 18.0. The number of amides is 1. The Balaban J connectivity index is 1.79. The molecule has 0 fully saturated rings. The van der Waals surface area contributed by atoms with E-state index in [0.29, 0.717) is 12.1 Å². The Kier molecular flexibility index (Phi) is 4.59. The second-order valence-electron chi connectivity index (χ2n) is 5.94. The summed E-state index contributed by atoms with van der Waals surface area (Å²) in [6, 6.07) is 15.5. The lowest BCUT2D eigenvalue weighted by atomic mass is 10.2. The van der Waals surface area contributed by atoms with Crippen LogP contribution >= 0.6 is 0 Å². The van der Waals surface area contributed by atoms with Crippen LogP contribution in [0.25, 0.3) is 0 Å². The van der Waals surface area contributed by atoms with E-state index in [2.05, 4.69) is 9.71 Å². The first kappa shape index (κ1) is 17.2. The average molecular weight is 357 g/mol. The van der Waals surface area contributed by atoms with Crippen LogP contribution < -0.4 is 4.72 Å². The molecule has 0 bridgehead atoms. The van der Waals surface area contributed by atoms with Gasteiger partial charge in [-0.3, -0.25) is 14.5 Å². The van der Waals surface area contributed by atoms with E-state index in [9.17, 15) is 13.2 Å². The van der Waals surface area contributed by atoms with E-state index in [1.54, 1.807) is 37.1 Å². The Labute approximate surface area is 147 Å². The van der Waals surface area contributed by atoms with E-state index >= 15 is 0 Å². The van der Waals surface area contributed by atoms with Crippen molar-refractivity contribution in [3.8, 4) is 0 Å². The largest absolute Gasteiger partial charge is 0.340 e. The van der Waals surface area contributed by atoms with Gasteiger partial charge in [0.2, 0.25) is 5.91 Å². The SMILES string of the molecule is CC(N=C1NS(=O)(=O)c2ccccc21)C(=O)N(C)Cc1ccccc1. The first-order chi connectivity index (χ1) is 11.9. The third kappa shape index (κ3) is 3.56. The highest BCUT2D eigenvalue weighted by Gasteiger charge is 2.31. The van der Waals surface area contributed by atoms with Crippen molar-refractivity contribution in [3.05, 3.63) is 65.7 Å². The van der Waals surface area contributed by atoms with Crippen LogP contribution in [0.4, 0.5) is 0 Å². The fourth-order valence-corrected chi connectivity index (χ4v) is 3.97. The lowest BCUT2D eigenvalue weighted by Gasteiger charge is -2.20. The van der Waals surface area contributed by atoms with Gasteiger partial charge in [-0.25, -0.2) is 8.42 Å². The number of likely N-dealkylation sites (N-methyl/N-ethyl adjacent to an activating group) is 1. The number of benzene rings is 2. The quantitative estimate of drug-likeness (QED) is 0.906. The van der Waals surface area contributed by atoms with Crippen molar-refractivity contribution in [2.24, 2.45) is 4.99 Å². The standard InChI is InChI=1S/C18H19N3O3S/c1-13(18(22)21(2)12-14-8-4-3-5-9-14)19-17-15-10-6-7-11-16(15)25(23,24)20-17/h3-11,13H,12H2,1-2H3,(H,19,20). The number of fused-ring (bicyclic) bond motifs is 1. The molecule has 6 nitrogen and oxygen atoms in total. The molecule has 1 heterocycles. The van der Waals surface area contributed by atoms with Crippen LogP contribution in [0.15, 0.2) is 64.5 Å². The molecule has 1 amide bonds. The highest BCUT2D eigenvalue weighted by Crippen LogP contribution is 2.22. The molecule has 1 aliphatic heterocycles. The molecule has 1 atom stereocenters. The van der Waals surface area contributed by atoms with Crippen LogP contribution in [0.1, 0.15) is 18.1 Å². The summed E-state index contributed by atoms with van der Waals surface area (Å²) in [6.07, 6.45) is 0. The minimum Gasteiger partial charge on any atom is -0.340 e. The van der Waals surface area contributed by atoms with Crippen molar-refractivity contribution in [3.63, 3.8) is 0 Å². The molecule has 0 aromatic heterocycles. The number of aliphatic imine (C=N–C) groups is 1. The number of nitrogens with one attached hydrogen (secondary N) is 1. The number of rotatable bonds is 4. The molecule has 25 heavy (non-hydrogen) atoms. The van der Waals surface area contributed by atoms with Crippen molar-refractivity contribution >= 4 is 21.8 Å². The normalized spacial score (nSPS) is 17.6. The van der Waals surface area contributed by atoms with E-state index in [1.807, 2.05) is 30.3 Å². The Bertz CT molecular complexity index is 924. The van der Waals surface area contributed by atoms with Gasteiger partial charge >= 0.3 is 0 Å². The van der Waals surface area contributed by atoms with E-state index in [0.717, 1.165) is 5.56 Å². The topological polar surface area (TPSA) is 78.8 Å². The van der Waals surface area contributed by atoms with Gasteiger partial charge in [0.25, 0.3) is 10.0 Å². The molecule has 3 rings (SSSR count). The maximum Gasteiger partial charge on any atom is 0.263 e. The van der Waals surface area contributed by atoms with E-state index in [1.165, 1.54) is 6.07 Å². The molecule has 0 saturated heterocycles. The molecule has 2 aromatic rings. The van der Waals surface area contributed by atoms with Gasteiger partial charge in [0.05, 0.1) is 4.90 Å². The molecular weight excluding hydrogens is 338 g/mol. The number of nitrogens with zero attached hydrogens (tertiary/aromatic N) is 2. The lowest BCUT2D eigenvalue weighted by molar-refractivity contribution is -0.131. The third-order valence-electron chi connectivity index (χ3n) is 3.98. The number of carbonyl (C=O) groups excluding carboxylic acids is 1. The predicted molar refractivity (Wildman–Crippen MR) is 95.7 cm³/mol. The van der Waals surface area contributed by atoms with Gasteiger partial charge in [-0.15, -0.1) is 0 Å². The zero-order valence-electron chi connectivity index (χ0n) is 14.0. The Morgan fingerprint density at radius 1 is 1.12 bits per heavy atom. The molecule has 7 heteroatoms. The Morgan fingerprint density at radius 3 is 2.48 bits per heavy atom. The van der Waals surface area contributed by atoms with Gasteiger partial charge < -0.3 is 4.90 Å². The second kappa shape index (κ2) is 6.68. The van der Waals surface area contributed by atoms with Crippen molar-refractivity contribution in [2.45, 2.75) is 24.4 Å². The van der Waals surface area contributed by atoms with Crippen molar-refractivity contribution in [2.75, 3.05) is 7.05 Å². The van der Waals surface area contributed by atoms with Crippen LogP contribution in [-0.4, -0.2) is 38.2 Å². The van der Waals surface area contributed by atoms with Crippen LogP contribution in [0.2, 0.25) is 0 Å². The molecule has 0 aliphatic carbocycles. The highest BCUT2D eigenvalue weighted by molar-refractivity contribution is 7.90. The van der Waals surface area contributed by atoms with Crippen molar-refractivity contribution in [1.82, 2.24) is 9.62 Å². The zero-order valence-corrected chi connectivity index (χ0v) is 14.8. The summed E-state index contributed by atoms with van der Waals surface area (Å²) in [5.74, 6) is 0.0319. The summed E-state index contributed by atoms with van der Waals surface area (Å²) < 4.78 is 26.6. The Hall–Kier alpha value is -2.67. The molecule has 1 unspecified atom stereocenters. The predicted octanol–water partition coefficient (Wildman–Crippen LogP) is 1.77. The fraction of sp³-hybridized carbons (Fsp3) is 0.222. The average Bonchev–Trinajstić information content (AvgIpc) is 2.86. The fourth-order valence-electron chi connectivity index (χ4n) is 2.73. The smallest absolute Gasteiger partial charge is 0.263 e. The molecule has 0 saturated carbocycles. The molecular formula is C18H19N3O3S. The Morgan fingerprint density at radius 2 is 1.76 bits per heavy atom. The van der Waals surface area contributed by atoms with E-state index < -0.39 is 16.1 Å². The number of hydrogen-bond acceptors (Lipinski definition) is 4. The second-order valence-corrected chi connectivity index (χ2v) is 7.59. The molecule has 1 aliphatic rings. The van der Waals surface area contributed by atoms with Crippen molar-refractivity contribution in [1.29, 1.82) is 0 Å². The summed E-state index contributed by atoms with van der Waals surface area (Å²) >= 11 is 0. The minimum absolute atomic E-state index is 0.181. The molecule has 130 valence electrons. The number of hydrogen-bond donors (Lipinski definition) is 1. The summed E-state index contributed by atoms with van der Waals surface area (Å²) in [7, 11) is -1.89. The summed E-state index contributed by atoms with van der Waals surface area (Å²) in [4.78, 5) is 18.6. The van der Waals surface area contributed by atoms with Crippen LogP contribution in [0.5, 0.6) is 0 Å². The summed E-state index contributed by atoms with van der Waals surface area (Å²) in [5.41, 5.74) is 1.51. The maximum absolute atomic E-state index is 12.6. The van der Waals surface area contributed by atoms with Gasteiger partial charge in [0, 0.05) is 19.2 Å². The third-order valence-corrected chi connectivity index (χ3v) is 5.38.